The van der Waals surface area contributed by atoms with E-state index in [1.807, 2.05) is 42.5 Å². The Morgan fingerprint density at radius 3 is 2.20 bits per heavy atom. The standard InChI is InChI=1S/C31H23ClFNO5S/c32-24-8-5-21(6-9-24)22-7-14-28-23(16-22)17-29(40-28)31(38)39-34(18-20-1-10-25(33)11-2-20)27(30(36)37)15-19-3-12-26(35)13-4-19/h1-14,16-17,27,35H,15,18H2,(H,36,37)/t27-/m0/s1. The molecule has 2 N–H and O–H groups in total. The van der Waals surface area contributed by atoms with E-state index in [0.717, 1.165) is 26.3 Å². The monoisotopic (exact) mass is 575 g/mol. The van der Waals surface area contributed by atoms with E-state index in [1.165, 1.54) is 47.7 Å². The maximum absolute atomic E-state index is 13.5. The number of nitrogens with zero attached hydrogens (tertiary/aromatic N) is 1. The molecule has 6 nitrogen and oxygen atoms in total. The minimum Gasteiger partial charge on any atom is -0.508 e. The molecule has 1 heterocycles. The summed E-state index contributed by atoms with van der Waals surface area (Å²) in [4.78, 5) is 31.7. The molecule has 40 heavy (non-hydrogen) atoms. The number of hydrogen-bond donors (Lipinski definition) is 2. The highest BCUT2D eigenvalue weighted by molar-refractivity contribution is 7.20. The minimum atomic E-state index is -1.25. The summed E-state index contributed by atoms with van der Waals surface area (Å²) < 4.78 is 14.4. The smallest absolute Gasteiger partial charge is 0.367 e. The van der Waals surface area contributed by atoms with Crippen molar-refractivity contribution < 1.29 is 29.0 Å². The van der Waals surface area contributed by atoms with Gasteiger partial charge in [0.2, 0.25) is 0 Å². The van der Waals surface area contributed by atoms with Crippen molar-refractivity contribution in [2.24, 2.45) is 0 Å². The van der Waals surface area contributed by atoms with Gasteiger partial charge in [-0.05, 0) is 82.2 Å². The van der Waals surface area contributed by atoms with Crippen molar-refractivity contribution in [1.82, 2.24) is 5.06 Å². The summed E-state index contributed by atoms with van der Waals surface area (Å²) >= 11 is 7.25. The minimum absolute atomic E-state index is 0.000949. The van der Waals surface area contributed by atoms with E-state index in [1.54, 1.807) is 18.2 Å². The lowest BCUT2D eigenvalue weighted by Gasteiger charge is -2.27. The van der Waals surface area contributed by atoms with Gasteiger partial charge >= 0.3 is 11.9 Å². The van der Waals surface area contributed by atoms with Gasteiger partial charge in [0.1, 0.15) is 22.5 Å². The quantitative estimate of drug-likeness (QED) is 0.179. The van der Waals surface area contributed by atoms with Crippen LogP contribution < -0.4 is 0 Å². The number of carboxylic acids is 1. The molecule has 0 aliphatic carbocycles. The third kappa shape index (κ3) is 6.48. The molecule has 0 aliphatic heterocycles. The van der Waals surface area contributed by atoms with Crippen LogP contribution >= 0.6 is 22.9 Å². The molecule has 0 radical (unpaired) electrons. The number of aliphatic carboxylic acids is 1. The lowest BCUT2D eigenvalue weighted by Crippen LogP contribution is -2.43. The molecular weight excluding hydrogens is 553 g/mol. The first-order chi connectivity index (χ1) is 19.2. The van der Waals surface area contributed by atoms with Crippen LogP contribution in [0.5, 0.6) is 5.75 Å². The van der Waals surface area contributed by atoms with Crippen LogP contribution in [-0.4, -0.2) is 33.3 Å². The van der Waals surface area contributed by atoms with Gasteiger partial charge in [-0.1, -0.05) is 54.1 Å². The maximum atomic E-state index is 13.5. The van der Waals surface area contributed by atoms with Crippen LogP contribution in [0, 0.1) is 5.82 Å². The molecule has 5 aromatic rings. The molecule has 0 spiro atoms. The topological polar surface area (TPSA) is 87.1 Å². The Balaban J connectivity index is 1.42. The zero-order valence-electron chi connectivity index (χ0n) is 21.0. The van der Waals surface area contributed by atoms with E-state index >= 15 is 0 Å². The Labute approximate surface area is 238 Å². The van der Waals surface area contributed by atoms with Crippen LogP contribution in [-0.2, 0) is 22.6 Å². The number of hydrogen-bond acceptors (Lipinski definition) is 6. The van der Waals surface area contributed by atoms with E-state index in [0.29, 0.717) is 21.0 Å². The highest BCUT2D eigenvalue weighted by atomic mass is 35.5. The molecule has 5 rings (SSSR count). The lowest BCUT2D eigenvalue weighted by atomic mass is 10.0. The molecule has 1 atom stereocenters. The number of hydroxylamine groups is 2. The zero-order chi connectivity index (χ0) is 28.2. The molecule has 9 heteroatoms. The van der Waals surface area contributed by atoms with Gasteiger partial charge < -0.3 is 15.1 Å². The fourth-order valence-corrected chi connectivity index (χ4v) is 5.30. The van der Waals surface area contributed by atoms with Gasteiger partial charge in [-0.2, -0.15) is 0 Å². The van der Waals surface area contributed by atoms with Gasteiger partial charge in [0.05, 0.1) is 6.54 Å². The van der Waals surface area contributed by atoms with Crippen LogP contribution in [0.25, 0.3) is 21.2 Å². The predicted molar refractivity (Wildman–Crippen MR) is 153 cm³/mol. The number of rotatable bonds is 9. The summed E-state index contributed by atoms with van der Waals surface area (Å²) in [6.45, 7) is -0.0767. The SMILES string of the molecule is O=C(ON(Cc1ccc(F)cc1)[C@@H](Cc1ccc(O)cc1)C(=O)O)c1cc2cc(-c3ccc(Cl)cc3)ccc2s1. The molecule has 0 aliphatic rings. The lowest BCUT2D eigenvalue weighted by molar-refractivity contribution is -0.174. The van der Waals surface area contributed by atoms with Crippen LogP contribution in [0.1, 0.15) is 20.8 Å². The van der Waals surface area contributed by atoms with Gasteiger partial charge in [0, 0.05) is 16.1 Å². The number of aromatic hydroxyl groups is 1. The van der Waals surface area contributed by atoms with Crippen LogP contribution in [0.4, 0.5) is 4.39 Å². The fourth-order valence-electron chi connectivity index (χ4n) is 4.26. The number of halogens is 2. The maximum Gasteiger partial charge on any atom is 0.367 e. The first kappa shape index (κ1) is 27.3. The van der Waals surface area contributed by atoms with E-state index in [9.17, 15) is 24.2 Å². The average Bonchev–Trinajstić information content (AvgIpc) is 3.38. The fraction of sp³-hybridized carbons (Fsp3) is 0.0968. The van der Waals surface area contributed by atoms with Gasteiger partial charge in [-0.15, -0.1) is 16.4 Å². The second-order valence-electron chi connectivity index (χ2n) is 9.18. The molecule has 0 fully saturated rings. The highest BCUT2D eigenvalue weighted by Gasteiger charge is 2.30. The first-order valence-electron chi connectivity index (χ1n) is 12.3. The number of benzene rings is 4. The largest absolute Gasteiger partial charge is 0.508 e. The molecule has 0 amide bonds. The van der Waals surface area contributed by atoms with Crippen molar-refractivity contribution in [2.75, 3.05) is 0 Å². The Kier molecular flexibility index (Phi) is 8.11. The molecule has 1 aromatic heterocycles. The zero-order valence-corrected chi connectivity index (χ0v) is 22.5. The van der Waals surface area contributed by atoms with Gasteiger partial charge in [-0.25, -0.2) is 9.18 Å². The number of carbonyl (C=O) groups is 2. The normalized spacial score (nSPS) is 12.0. The van der Waals surface area contributed by atoms with Crippen molar-refractivity contribution in [3.8, 4) is 16.9 Å². The number of fused-ring (bicyclic) bond motifs is 1. The third-order valence-electron chi connectivity index (χ3n) is 6.34. The van der Waals surface area contributed by atoms with Crippen molar-refractivity contribution in [1.29, 1.82) is 0 Å². The molecule has 0 saturated carbocycles. The number of thiophene rings is 1. The summed E-state index contributed by atoms with van der Waals surface area (Å²) in [5.74, 6) is -2.29. The van der Waals surface area contributed by atoms with E-state index in [-0.39, 0.29) is 18.7 Å². The molecule has 0 bridgehead atoms. The van der Waals surface area contributed by atoms with E-state index < -0.39 is 23.8 Å². The Morgan fingerprint density at radius 1 is 0.875 bits per heavy atom. The summed E-state index contributed by atoms with van der Waals surface area (Å²) in [6, 6.07) is 25.4. The van der Waals surface area contributed by atoms with Gasteiger partial charge in [0.15, 0.2) is 0 Å². The van der Waals surface area contributed by atoms with E-state index in [2.05, 4.69) is 0 Å². The summed E-state index contributed by atoms with van der Waals surface area (Å²) in [5.41, 5.74) is 3.13. The van der Waals surface area contributed by atoms with Crippen molar-refractivity contribution in [3.05, 3.63) is 124 Å². The molecule has 0 saturated heterocycles. The number of phenolic OH excluding ortho intramolecular Hbond substituents is 1. The highest BCUT2D eigenvalue weighted by Crippen LogP contribution is 2.32. The summed E-state index contributed by atoms with van der Waals surface area (Å²) in [5, 5.41) is 22.3. The second kappa shape index (κ2) is 11.9. The van der Waals surface area contributed by atoms with Gasteiger partial charge in [-0.3, -0.25) is 4.79 Å². The number of phenols is 1. The van der Waals surface area contributed by atoms with Crippen molar-refractivity contribution in [3.63, 3.8) is 0 Å². The van der Waals surface area contributed by atoms with Gasteiger partial charge in [0.25, 0.3) is 0 Å². The molecular formula is C31H23ClFNO5S. The molecule has 0 unspecified atom stereocenters. The third-order valence-corrected chi connectivity index (χ3v) is 7.69. The molecule has 4 aromatic carbocycles. The van der Waals surface area contributed by atoms with Crippen LogP contribution in [0.3, 0.4) is 0 Å². The Morgan fingerprint density at radius 2 is 1.52 bits per heavy atom. The van der Waals surface area contributed by atoms with E-state index in [4.69, 9.17) is 16.4 Å². The average molecular weight is 576 g/mol. The van der Waals surface area contributed by atoms with Crippen LogP contribution in [0.15, 0.2) is 97.1 Å². The summed E-state index contributed by atoms with van der Waals surface area (Å²) in [7, 11) is 0. The first-order valence-corrected chi connectivity index (χ1v) is 13.5. The number of carboxylic acid groups (broad SMARTS) is 1. The Hall–Kier alpha value is -4.24. The second-order valence-corrected chi connectivity index (χ2v) is 10.7. The van der Waals surface area contributed by atoms with Crippen LogP contribution in [0.2, 0.25) is 5.02 Å². The van der Waals surface area contributed by atoms with Crippen molar-refractivity contribution in [2.45, 2.75) is 19.0 Å². The Bertz CT molecular complexity index is 1650. The van der Waals surface area contributed by atoms with Crippen molar-refractivity contribution >= 4 is 45.0 Å². The summed E-state index contributed by atoms with van der Waals surface area (Å²) in [6.07, 6.45) is 0.000949. The number of carbonyl (C=O) groups excluding carboxylic acids is 1. The predicted octanol–water partition coefficient (Wildman–Crippen LogP) is 7.34. The molecule has 202 valence electrons.